The lowest BCUT2D eigenvalue weighted by Crippen LogP contribution is -2.12. The number of nitrogens with zero attached hydrogens (tertiary/aromatic N) is 4. The van der Waals surface area contributed by atoms with Crippen molar-refractivity contribution in [3.63, 3.8) is 0 Å². The van der Waals surface area contributed by atoms with Crippen molar-refractivity contribution in [3.8, 4) is 5.69 Å². The van der Waals surface area contributed by atoms with E-state index in [1.165, 1.54) is 41.1 Å². The molecule has 26 heavy (non-hydrogen) atoms. The van der Waals surface area contributed by atoms with E-state index in [1.54, 1.807) is 6.92 Å². The second-order valence-electron chi connectivity index (χ2n) is 5.52. The Morgan fingerprint density at radius 2 is 1.81 bits per heavy atom. The van der Waals surface area contributed by atoms with Gasteiger partial charge in [-0.25, -0.2) is 14.1 Å². The van der Waals surface area contributed by atoms with Crippen LogP contribution < -0.4 is 0 Å². The minimum Gasteiger partial charge on any atom is -0.292 e. The summed E-state index contributed by atoms with van der Waals surface area (Å²) in [5.74, 6) is -0.930. The van der Waals surface area contributed by atoms with E-state index in [0.29, 0.717) is 11.4 Å². The van der Waals surface area contributed by atoms with Gasteiger partial charge in [0.25, 0.3) is 0 Å². The Morgan fingerprint density at radius 3 is 2.46 bits per heavy atom. The Kier molecular flexibility index (Phi) is 4.54. The highest BCUT2D eigenvalue weighted by Crippen LogP contribution is 2.27. The Labute approximate surface area is 145 Å². The number of hydrogen-bond acceptors (Lipinski definition) is 4. The SMILES string of the molecule is Cc1c(C(=O)Cc2cccc(C(F)(F)F)n2)nnn1-c1ccc(F)cc1. The van der Waals surface area contributed by atoms with Crippen LogP contribution in [0.5, 0.6) is 0 Å². The molecule has 5 nitrogen and oxygen atoms in total. The van der Waals surface area contributed by atoms with Gasteiger partial charge in [0.05, 0.1) is 17.8 Å². The third-order valence-electron chi connectivity index (χ3n) is 3.67. The summed E-state index contributed by atoms with van der Waals surface area (Å²) in [6.45, 7) is 1.59. The summed E-state index contributed by atoms with van der Waals surface area (Å²) in [5, 5.41) is 7.66. The molecule has 3 rings (SSSR count). The van der Waals surface area contributed by atoms with Crippen LogP contribution in [0, 0.1) is 12.7 Å². The number of alkyl halides is 3. The first kappa shape index (κ1) is 17.7. The molecular formula is C17H12F4N4O. The average Bonchev–Trinajstić information content (AvgIpc) is 2.97. The summed E-state index contributed by atoms with van der Waals surface area (Å²) < 4.78 is 52.5. The van der Waals surface area contributed by atoms with Gasteiger partial charge in [-0.15, -0.1) is 5.10 Å². The van der Waals surface area contributed by atoms with Gasteiger partial charge in [0.2, 0.25) is 0 Å². The smallest absolute Gasteiger partial charge is 0.292 e. The maximum atomic E-state index is 13.0. The van der Waals surface area contributed by atoms with Gasteiger partial charge in [0, 0.05) is 5.69 Å². The van der Waals surface area contributed by atoms with E-state index in [4.69, 9.17) is 0 Å². The number of halogens is 4. The van der Waals surface area contributed by atoms with Gasteiger partial charge in [0.15, 0.2) is 11.5 Å². The Hall–Kier alpha value is -3.10. The molecule has 0 N–H and O–H groups in total. The zero-order valence-corrected chi connectivity index (χ0v) is 13.5. The van der Waals surface area contributed by atoms with Crippen molar-refractivity contribution < 1.29 is 22.4 Å². The molecule has 2 heterocycles. The molecule has 0 aliphatic rings. The largest absolute Gasteiger partial charge is 0.433 e. The number of Topliss-reactive ketones (excluding diaryl/α,β-unsaturated/α-hetero) is 1. The normalized spacial score (nSPS) is 11.6. The molecule has 0 aliphatic carbocycles. The highest BCUT2D eigenvalue weighted by Gasteiger charge is 2.32. The molecule has 0 saturated heterocycles. The molecule has 0 spiro atoms. The van der Waals surface area contributed by atoms with E-state index >= 15 is 0 Å². The number of hydrogen-bond donors (Lipinski definition) is 0. The van der Waals surface area contributed by atoms with Crippen molar-refractivity contribution >= 4 is 5.78 Å². The standard InChI is InChI=1S/C17H12F4N4O/c1-10-16(23-24-25(10)13-7-5-11(18)6-8-13)14(26)9-12-3-2-4-15(22-12)17(19,20)21/h2-8H,9H2,1H3. The van der Waals surface area contributed by atoms with Crippen LogP contribution in [0.1, 0.15) is 27.6 Å². The van der Waals surface area contributed by atoms with E-state index in [-0.39, 0.29) is 17.8 Å². The molecule has 134 valence electrons. The van der Waals surface area contributed by atoms with Crippen LogP contribution in [0.2, 0.25) is 0 Å². The summed E-state index contributed by atoms with van der Waals surface area (Å²) in [7, 11) is 0. The van der Waals surface area contributed by atoms with Gasteiger partial charge in [-0.2, -0.15) is 13.2 Å². The Balaban J connectivity index is 1.84. The third-order valence-corrected chi connectivity index (χ3v) is 3.67. The lowest BCUT2D eigenvalue weighted by Gasteiger charge is -2.07. The van der Waals surface area contributed by atoms with Crippen molar-refractivity contribution in [2.45, 2.75) is 19.5 Å². The topological polar surface area (TPSA) is 60.7 Å². The van der Waals surface area contributed by atoms with Crippen LogP contribution in [-0.2, 0) is 12.6 Å². The summed E-state index contributed by atoms with van der Waals surface area (Å²) in [4.78, 5) is 15.9. The molecule has 0 atom stereocenters. The molecule has 0 saturated carbocycles. The first-order valence-electron chi connectivity index (χ1n) is 7.50. The molecule has 0 amide bonds. The number of carbonyl (C=O) groups is 1. The maximum Gasteiger partial charge on any atom is 0.433 e. The van der Waals surface area contributed by atoms with E-state index in [2.05, 4.69) is 15.3 Å². The van der Waals surface area contributed by atoms with Gasteiger partial charge in [0.1, 0.15) is 11.5 Å². The van der Waals surface area contributed by atoms with E-state index < -0.39 is 23.5 Å². The lowest BCUT2D eigenvalue weighted by atomic mass is 10.1. The van der Waals surface area contributed by atoms with Gasteiger partial charge >= 0.3 is 6.18 Å². The molecule has 0 bridgehead atoms. The zero-order chi connectivity index (χ0) is 18.9. The second-order valence-corrected chi connectivity index (χ2v) is 5.52. The van der Waals surface area contributed by atoms with Crippen LogP contribution in [0.4, 0.5) is 17.6 Å². The van der Waals surface area contributed by atoms with Gasteiger partial charge in [-0.1, -0.05) is 11.3 Å². The fourth-order valence-electron chi connectivity index (χ4n) is 2.40. The highest BCUT2D eigenvalue weighted by molar-refractivity contribution is 5.96. The zero-order valence-electron chi connectivity index (χ0n) is 13.5. The molecule has 0 fully saturated rings. The second kappa shape index (κ2) is 6.66. The van der Waals surface area contributed by atoms with Crippen molar-refractivity contribution in [1.29, 1.82) is 0 Å². The van der Waals surface area contributed by atoms with Crippen LogP contribution in [0.25, 0.3) is 5.69 Å². The molecule has 2 aromatic heterocycles. The van der Waals surface area contributed by atoms with Crippen LogP contribution in [-0.4, -0.2) is 25.8 Å². The number of rotatable bonds is 4. The molecular weight excluding hydrogens is 352 g/mol. The highest BCUT2D eigenvalue weighted by atomic mass is 19.4. The molecule has 1 aromatic carbocycles. The van der Waals surface area contributed by atoms with E-state index in [9.17, 15) is 22.4 Å². The van der Waals surface area contributed by atoms with Gasteiger partial charge < -0.3 is 0 Å². The van der Waals surface area contributed by atoms with Crippen molar-refractivity contribution in [2.75, 3.05) is 0 Å². The van der Waals surface area contributed by atoms with Gasteiger partial charge in [-0.05, 0) is 43.3 Å². The number of carbonyl (C=O) groups excluding carboxylic acids is 1. The summed E-state index contributed by atoms with van der Waals surface area (Å²) in [6.07, 6.45) is -4.92. The van der Waals surface area contributed by atoms with Crippen LogP contribution >= 0.6 is 0 Å². The summed E-state index contributed by atoms with van der Waals surface area (Å²) in [5.41, 5.74) is -0.148. The molecule has 0 aliphatic heterocycles. The number of aromatic nitrogens is 4. The van der Waals surface area contributed by atoms with Crippen molar-refractivity contribution in [3.05, 3.63) is 71.1 Å². The first-order valence-corrected chi connectivity index (χ1v) is 7.50. The average molecular weight is 364 g/mol. The minimum atomic E-state index is -4.58. The Morgan fingerprint density at radius 1 is 1.12 bits per heavy atom. The van der Waals surface area contributed by atoms with Crippen LogP contribution in [0.3, 0.4) is 0 Å². The fraction of sp³-hybridized carbons (Fsp3) is 0.176. The van der Waals surface area contributed by atoms with E-state index in [1.807, 2.05) is 0 Å². The third kappa shape index (κ3) is 3.61. The molecule has 0 unspecified atom stereocenters. The quantitative estimate of drug-likeness (QED) is 0.525. The summed E-state index contributed by atoms with van der Waals surface area (Å²) in [6, 6.07) is 8.80. The van der Waals surface area contributed by atoms with Gasteiger partial charge in [-0.3, -0.25) is 4.79 Å². The molecule has 9 heteroatoms. The van der Waals surface area contributed by atoms with Crippen molar-refractivity contribution in [2.24, 2.45) is 0 Å². The fourth-order valence-corrected chi connectivity index (χ4v) is 2.40. The van der Waals surface area contributed by atoms with E-state index in [0.717, 1.165) is 6.07 Å². The summed E-state index contributed by atoms with van der Waals surface area (Å²) >= 11 is 0. The monoisotopic (exact) mass is 364 g/mol. The minimum absolute atomic E-state index is 0.0134. The number of pyridine rings is 1. The number of benzene rings is 1. The molecule has 3 aromatic rings. The van der Waals surface area contributed by atoms with Crippen molar-refractivity contribution in [1.82, 2.24) is 20.0 Å². The lowest BCUT2D eigenvalue weighted by molar-refractivity contribution is -0.141. The maximum absolute atomic E-state index is 13.0. The molecule has 0 radical (unpaired) electrons. The number of ketones is 1. The predicted molar refractivity (Wildman–Crippen MR) is 83.3 cm³/mol. The predicted octanol–water partition coefficient (Wildman–Crippen LogP) is 3.55. The first-order chi connectivity index (χ1) is 12.3. The Bertz CT molecular complexity index is 948. The van der Waals surface area contributed by atoms with Crippen LogP contribution in [0.15, 0.2) is 42.5 Å².